The van der Waals surface area contributed by atoms with Gasteiger partial charge in [-0.15, -0.1) is 0 Å². The lowest BCUT2D eigenvalue weighted by Gasteiger charge is -2.03. The second-order valence-electron chi connectivity index (χ2n) is 2.85. The molecule has 0 rings (SSSR count). The summed E-state index contributed by atoms with van der Waals surface area (Å²) in [5.41, 5.74) is 0. The third kappa shape index (κ3) is 22.5. The van der Waals surface area contributed by atoms with E-state index in [0.29, 0.717) is 6.42 Å². The molecule has 0 heterocycles. The van der Waals surface area contributed by atoms with Crippen molar-refractivity contribution in [3.8, 4) is 0 Å². The standard InChI is InChI=1S/C6H16OSi.C3H6O/c1-4-5-6-7-8(2)3;1-2-3-4/h8H,4-6H2,1-3H3;3H,2H2,1H3. The summed E-state index contributed by atoms with van der Waals surface area (Å²) in [6.45, 7) is 9.39. The van der Waals surface area contributed by atoms with Crippen LogP contribution < -0.4 is 0 Å². The normalized spacial score (nSPS) is 9.08. The van der Waals surface area contributed by atoms with Crippen LogP contribution in [0, 0.1) is 0 Å². The van der Waals surface area contributed by atoms with E-state index in [-0.39, 0.29) is 0 Å². The zero-order valence-corrected chi connectivity index (χ0v) is 9.95. The van der Waals surface area contributed by atoms with Crippen LogP contribution in [-0.4, -0.2) is 21.9 Å². The van der Waals surface area contributed by atoms with Crippen LogP contribution in [0.2, 0.25) is 13.1 Å². The van der Waals surface area contributed by atoms with Crippen LogP contribution in [0.15, 0.2) is 0 Å². The zero-order valence-electron chi connectivity index (χ0n) is 8.80. The molecule has 12 heavy (non-hydrogen) atoms. The van der Waals surface area contributed by atoms with Gasteiger partial charge >= 0.3 is 0 Å². The Morgan fingerprint density at radius 2 is 1.83 bits per heavy atom. The fourth-order valence-electron chi connectivity index (χ4n) is 0.463. The third-order valence-electron chi connectivity index (χ3n) is 1.12. The van der Waals surface area contributed by atoms with Crippen LogP contribution >= 0.6 is 0 Å². The van der Waals surface area contributed by atoms with Crippen LogP contribution in [0.3, 0.4) is 0 Å². The van der Waals surface area contributed by atoms with Crippen LogP contribution in [0.4, 0.5) is 0 Å². The summed E-state index contributed by atoms with van der Waals surface area (Å²) in [4.78, 5) is 9.17. The first kappa shape index (κ1) is 14.4. The Kier molecular flexibility index (Phi) is 16.1. The maximum atomic E-state index is 9.17. The number of rotatable bonds is 5. The summed E-state index contributed by atoms with van der Waals surface area (Å²) in [6, 6.07) is 0. The molecule has 0 fully saturated rings. The summed E-state index contributed by atoms with van der Waals surface area (Å²) in [7, 11) is -0.702. The Labute approximate surface area is 78.0 Å². The lowest BCUT2D eigenvalue weighted by Crippen LogP contribution is -2.07. The second kappa shape index (κ2) is 13.4. The smallest absolute Gasteiger partial charge is 0.170 e. The van der Waals surface area contributed by atoms with E-state index < -0.39 is 9.04 Å². The molecule has 0 atom stereocenters. The number of unbranched alkanes of at least 4 members (excludes halogenated alkanes) is 1. The Morgan fingerprint density at radius 1 is 1.33 bits per heavy atom. The molecule has 0 aromatic carbocycles. The summed E-state index contributed by atoms with van der Waals surface area (Å²) >= 11 is 0. The van der Waals surface area contributed by atoms with Crippen molar-refractivity contribution in [2.24, 2.45) is 0 Å². The van der Waals surface area contributed by atoms with Crippen molar-refractivity contribution < 1.29 is 9.22 Å². The lowest BCUT2D eigenvalue weighted by atomic mass is 10.4. The fraction of sp³-hybridized carbons (Fsp3) is 0.889. The van der Waals surface area contributed by atoms with Crippen LogP contribution in [0.5, 0.6) is 0 Å². The largest absolute Gasteiger partial charge is 0.421 e. The van der Waals surface area contributed by atoms with Gasteiger partial charge in [0.2, 0.25) is 0 Å². The summed E-state index contributed by atoms with van der Waals surface area (Å²) in [5.74, 6) is 0. The summed E-state index contributed by atoms with van der Waals surface area (Å²) in [6.07, 6.45) is 3.99. The van der Waals surface area contributed by atoms with Gasteiger partial charge in [-0.25, -0.2) is 0 Å². The Bertz CT molecular complexity index is 84.6. The highest BCUT2D eigenvalue weighted by Crippen LogP contribution is 1.89. The first-order valence-electron chi connectivity index (χ1n) is 4.74. The van der Waals surface area contributed by atoms with E-state index in [2.05, 4.69) is 20.0 Å². The minimum atomic E-state index is -0.702. The first-order valence-corrected chi connectivity index (χ1v) is 7.52. The molecule has 0 N–H and O–H groups in total. The van der Waals surface area contributed by atoms with Gasteiger partial charge in [0.05, 0.1) is 0 Å². The van der Waals surface area contributed by atoms with Crippen molar-refractivity contribution in [2.45, 2.75) is 46.2 Å². The molecule has 0 saturated carbocycles. The topological polar surface area (TPSA) is 26.3 Å². The SMILES string of the molecule is CCC=O.CCCCO[SiH](C)C. The van der Waals surface area contributed by atoms with Crippen molar-refractivity contribution in [2.75, 3.05) is 6.61 Å². The van der Waals surface area contributed by atoms with Gasteiger partial charge in [0.1, 0.15) is 6.29 Å². The Balaban J connectivity index is 0. The van der Waals surface area contributed by atoms with Crippen LogP contribution in [0.1, 0.15) is 33.1 Å². The molecule has 0 aliphatic rings. The molecule has 0 aromatic rings. The van der Waals surface area contributed by atoms with Gasteiger partial charge in [-0.1, -0.05) is 20.3 Å². The predicted octanol–water partition coefficient (Wildman–Crippen LogP) is 2.38. The molecule has 2 nitrogen and oxygen atoms in total. The van der Waals surface area contributed by atoms with Crippen molar-refractivity contribution in [3.05, 3.63) is 0 Å². The van der Waals surface area contributed by atoms with E-state index in [1.807, 2.05) is 6.92 Å². The number of aldehydes is 1. The molecule has 74 valence electrons. The van der Waals surface area contributed by atoms with E-state index in [4.69, 9.17) is 4.43 Å². The fourth-order valence-corrected chi connectivity index (χ4v) is 1.10. The molecule has 0 saturated heterocycles. The van der Waals surface area contributed by atoms with E-state index in [9.17, 15) is 4.79 Å². The highest BCUT2D eigenvalue weighted by molar-refractivity contribution is 6.48. The highest BCUT2D eigenvalue weighted by atomic mass is 28.3. The van der Waals surface area contributed by atoms with Crippen molar-refractivity contribution in [1.29, 1.82) is 0 Å². The lowest BCUT2D eigenvalue weighted by molar-refractivity contribution is -0.107. The van der Waals surface area contributed by atoms with Gasteiger partial charge < -0.3 is 9.22 Å². The Morgan fingerprint density at radius 3 is 2.08 bits per heavy atom. The minimum absolute atomic E-state index is 0.639. The van der Waals surface area contributed by atoms with Gasteiger partial charge in [0.25, 0.3) is 0 Å². The molecule has 0 amide bonds. The zero-order chi connectivity index (χ0) is 9.82. The van der Waals surface area contributed by atoms with Gasteiger partial charge in [-0.05, 0) is 19.5 Å². The molecule has 0 spiro atoms. The number of hydrogen-bond donors (Lipinski definition) is 0. The van der Waals surface area contributed by atoms with Crippen molar-refractivity contribution in [3.63, 3.8) is 0 Å². The maximum absolute atomic E-state index is 9.17. The average molecular weight is 190 g/mol. The van der Waals surface area contributed by atoms with E-state index in [1.165, 1.54) is 12.8 Å². The van der Waals surface area contributed by atoms with Gasteiger partial charge in [-0.3, -0.25) is 0 Å². The van der Waals surface area contributed by atoms with E-state index in [1.54, 1.807) is 0 Å². The second-order valence-corrected chi connectivity index (χ2v) is 5.28. The quantitative estimate of drug-likeness (QED) is 0.378. The third-order valence-corrected chi connectivity index (χ3v) is 2.02. The van der Waals surface area contributed by atoms with Crippen molar-refractivity contribution in [1.82, 2.24) is 0 Å². The van der Waals surface area contributed by atoms with E-state index >= 15 is 0 Å². The van der Waals surface area contributed by atoms with Crippen molar-refractivity contribution >= 4 is 15.3 Å². The molecule has 0 radical (unpaired) electrons. The van der Waals surface area contributed by atoms with Gasteiger partial charge in [0.15, 0.2) is 9.04 Å². The first-order chi connectivity index (χ1) is 5.68. The summed E-state index contributed by atoms with van der Waals surface area (Å²) < 4.78 is 5.42. The monoisotopic (exact) mass is 190 g/mol. The van der Waals surface area contributed by atoms with Gasteiger partial charge in [-0.2, -0.15) is 0 Å². The maximum Gasteiger partial charge on any atom is 0.170 e. The van der Waals surface area contributed by atoms with Crippen LogP contribution in [-0.2, 0) is 9.22 Å². The number of carbonyl (C=O) groups is 1. The summed E-state index contributed by atoms with van der Waals surface area (Å²) in [5, 5.41) is 0. The molecule has 0 bridgehead atoms. The molecular weight excluding hydrogens is 168 g/mol. The highest BCUT2D eigenvalue weighted by Gasteiger charge is 1.91. The van der Waals surface area contributed by atoms with E-state index in [0.717, 1.165) is 12.9 Å². The predicted molar refractivity (Wildman–Crippen MR) is 56.1 cm³/mol. The number of hydrogen-bond acceptors (Lipinski definition) is 2. The van der Waals surface area contributed by atoms with Gasteiger partial charge in [0, 0.05) is 13.0 Å². The molecular formula is C9H22O2Si. The molecule has 3 heteroatoms. The minimum Gasteiger partial charge on any atom is -0.421 e. The molecule has 0 aliphatic carbocycles. The molecule has 0 aromatic heterocycles. The number of carbonyl (C=O) groups excluding carboxylic acids is 1. The molecule has 0 unspecified atom stereocenters. The Hall–Kier alpha value is -0.153. The average Bonchev–Trinajstić information content (AvgIpc) is 2.05. The molecule has 0 aliphatic heterocycles. The van der Waals surface area contributed by atoms with Crippen LogP contribution in [0.25, 0.3) is 0 Å².